The zero-order valence-electron chi connectivity index (χ0n) is 14.6. The predicted molar refractivity (Wildman–Crippen MR) is 100.0 cm³/mol. The Morgan fingerprint density at radius 2 is 1.69 bits per heavy atom. The third kappa shape index (κ3) is 3.99. The van der Waals surface area contributed by atoms with Gasteiger partial charge in [0.2, 0.25) is 0 Å². The van der Waals surface area contributed by atoms with E-state index >= 15 is 0 Å². The first-order valence-corrected chi connectivity index (χ1v) is 10.1. The van der Waals surface area contributed by atoms with Gasteiger partial charge in [0.15, 0.2) is 0 Å². The number of para-hydroxylation sites is 2. The summed E-state index contributed by atoms with van der Waals surface area (Å²) in [4.78, 5) is 12.6. The summed E-state index contributed by atoms with van der Waals surface area (Å²) >= 11 is 0. The number of benzene rings is 2. The highest BCUT2D eigenvalue weighted by molar-refractivity contribution is 7.92. The third-order valence-corrected chi connectivity index (χ3v) is 5.87. The fourth-order valence-corrected chi connectivity index (χ4v) is 4.40. The van der Waals surface area contributed by atoms with Gasteiger partial charge >= 0.3 is 0 Å². The van der Waals surface area contributed by atoms with Gasteiger partial charge in [0.05, 0.1) is 18.4 Å². The summed E-state index contributed by atoms with van der Waals surface area (Å²) in [6.45, 7) is 0. The molecule has 26 heavy (non-hydrogen) atoms. The minimum atomic E-state index is -3.89. The fourth-order valence-electron chi connectivity index (χ4n) is 3.14. The van der Waals surface area contributed by atoms with Crippen LogP contribution in [-0.4, -0.2) is 27.5 Å². The van der Waals surface area contributed by atoms with Gasteiger partial charge in [-0.1, -0.05) is 37.1 Å². The zero-order valence-corrected chi connectivity index (χ0v) is 15.4. The Morgan fingerprint density at radius 3 is 2.42 bits per heavy atom. The van der Waals surface area contributed by atoms with Gasteiger partial charge in [-0.15, -0.1) is 0 Å². The molecule has 0 aromatic heterocycles. The third-order valence-electron chi connectivity index (χ3n) is 4.46. The van der Waals surface area contributed by atoms with E-state index in [1.54, 1.807) is 42.5 Å². The maximum atomic E-state index is 12.8. The van der Waals surface area contributed by atoms with E-state index in [1.807, 2.05) is 0 Å². The van der Waals surface area contributed by atoms with E-state index < -0.39 is 10.0 Å². The predicted octanol–water partition coefficient (Wildman–Crippen LogP) is 3.17. The minimum Gasteiger partial charge on any atom is -0.495 e. The second-order valence-electron chi connectivity index (χ2n) is 6.26. The van der Waals surface area contributed by atoms with Gasteiger partial charge in [0, 0.05) is 6.04 Å². The lowest BCUT2D eigenvalue weighted by Gasteiger charge is -2.16. The maximum absolute atomic E-state index is 12.8. The van der Waals surface area contributed by atoms with Crippen LogP contribution in [0.2, 0.25) is 0 Å². The molecular weight excluding hydrogens is 352 g/mol. The number of carbonyl (C=O) groups excluding carboxylic acids is 1. The zero-order chi connectivity index (χ0) is 18.6. The molecule has 1 amide bonds. The van der Waals surface area contributed by atoms with Crippen LogP contribution in [0.4, 0.5) is 5.69 Å². The number of ether oxygens (including phenoxy) is 1. The Balaban J connectivity index is 1.86. The van der Waals surface area contributed by atoms with Crippen LogP contribution in [0.15, 0.2) is 53.4 Å². The Kier molecular flexibility index (Phi) is 5.46. The van der Waals surface area contributed by atoms with Crippen molar-refractivity contribution in [2.24, 2.45) is 0 Å². The van der Waals surface area contributed by atoms with Crippen molar-refractivity contribution >= 4 is 21.6 Å². The molecule has 138 valence electrons. The molecule has 0 heterocycles. The number of hydrogen-bond acceptors (Lipinski definition) is 4. The van der Waals surface area contributed by atoms with Gasteiger partial charge in [-0.25, -0.2) is 8.42 Å². The molecule has 0 bridgehead atoms. The van der Waals surface area contributed by atoms with Crippen LogP contribution in [0.25, 0.3) is 0 Å². The van der Waals surface area contributed by atoms with Crippen molar-refractivity contribution in [1.82, 2.24) is 5.32 Å². The fraction of sp³-hybridized carbons (Fsp3) is 0.316. The number of sulfonamides is 1. The van der Waals surface area contributed by atoms with Crippen LogP contribution in [-0.2, 0) is 10.0 Å². The lowest BCUT2D eigenvalue weighted by atomic mass is 10.1. The van der Waals surface area contributed by atoms with E-state index in [1.165, 1.54) is 13.2 Å². The van der Waals surface area contributed by atoms with Crippen LogP contribution < -0.4 is 14.8 Å². The summed E-state index contributed by atoms with van der Waals surface area (Å²) in [5, 5.41) is 2.99. The van der Waals surface area contributed by atoms with Crippen molar-refractivity contribution < 1.29 is 17.9 Å². The molecule has 0 saturated heterocycles. The molecule has 7 heteroatoms. The topological polar surface area (TPSA) is 84.5 Å². The highest BCUT2D eigenvalue weighted by Gasteiger charge is 2.23. The molecule has 0 aliphatic heterocycles. The summed E-state index contributed by atoms with van der Waals surface area (Å²) in [6, 6.07) is 13.1. The molecule has 1 saturated carbocycles. The molecule has 1 aliphatic rings. The lowest BCUT2D eigenvalue weighted by Crippen LogP contribution is -2.33. The summed E-state index contributed by atoms with van der Waals surface area (Å²) in [5.74, 6) is -0.0249. The summed E-state index contributed by atoms with van der Waals surface area (Å²) < 4.78 is 33.2. The molecule has 6 nitrogen and oxygen atoms in total. The average Bonchev–Trinajstić information content (AvgIpc) is 3.14. The van der Waals surface area contributed by atoms with Gasteiger partial charge in [-0.2, -0.15) is 0 Å². The smallest absolute Gasteiger partial charge is 0.265 e. The van der Waals surface area contributed by atoms with Gasteiger partial charge in [0.25, 0.3) is 15.9 Å². The Bertz CT molecular complexity index is 890. The first-order chi connectivity index (χ1) is 12.5. The molecule has 0 unspecified atom stereocenters. The molecule has 1 fully saturated rings. The summed E-state index contributed by atoms with van der Waals surface area (Å²) in [6.07, 6.45) is 4.13. The number of nitrogens with one attached hydrogen (secondary N) is 2. The number of methoxy groups -OCH3 is 1. The standard InChI is InChI=1S/C19H22N2O4S/c1-25-17-12-6-7-13-18(17)26(23,24)21-16-11-5-4-10-15(16)19(22)20-14-8-2-3-9-14/h4-7,10-14,21H,2-3,8-9H2,1H3,(H,20,22). The van der Waals surface area contributed by atoms with Gasteiger partial charge in [0.1, 0.15) is 10.6 Å². The molecule has 2 aromatic rings. The van der Waals surface area contributed by atoms with E-state index in [-0.39, 0.29) is 28.3 Å². The monoisotopic (exact) mass is 374 g/mol. The maximum Gasteiger partial charge on any atom is 0.265 e. The van der Waals surface area contributed by atoms with Crippen molar-refractivity contribution in [3.05, 3.63) is 54.1 Å². The van der Waals surface area contributed by atoms with Crippen LogP contribution >= 0.6 is 0 Å². The number of rotatable bonds is 6. The van der Waals surface area contributed by atoms with Crippen molar-refractivity contribution in [3.8, 4) is 5.75 Å². The van der Waals surface area contributed by atoms with Crippen LogP contribution in [0.1, 0.15) is 36.0 Å². The van der Waals surface area contributed by atoms with E-state index in [0.29, 0.717) is 5.56 Å². The number of hydrogen-bond donors (Lipinski definition) is 2. The van der Waals surface area contributed by atoms with E-state index in [2.05, 4.69) is 10.0 Å². The normalized spacial score (nSPS) is 14.8. The molecule has 3 rings (SSSR count). The van der Waals surface area contributed by atoms with Crippen molar-refractivity contribution in [2.75, 3.05) is 11.8 Å². The molecule has 0 atom stereocenters. The molecule has 0 spiro atoms. The average molecular weight is 374 g/mol. The second-order valence-corrected chi connectivity index (χ2v) is 7.91. The Hall–Kier alpha value is -2.54. The van der Waals surface area contributed by atoms with Crippen LogP contribution in [0, 0.1) is 0 Å². The number of anilines is 1. The largest absolute Gasteiger partial charge is 0.495 e. The minimum absolute atomic E-state index is 0.0218. The Labute approximate surface area is 153 Å². The molecule has 2 aromatic carbocycles. The van der Waals surface area contributed by atoms with Crippen LogP contribution in [0.3, 0.4) is 0 Å². The molecule has 1 aliphatic carbocycles. The van der Waals surface area contributed by atoms with Crippen molar-refractivity contribution in [2.45, 2.75) is 36.6 Å². The lowest BCUT2D eigenvalue weighted by molar-refractivity contribution is 0.0939. The van der Waals surface area contributed by atoms with E-state index in [0.717, 1.165) is 25.7 Å². The number of amides is 1. The second kappa shape index (κ2) is 7.78. The summed E-state index contributed by atoms with van der Waals surface area (Å²) in [7, 11) is -2.48. The van der Waals surface area contributed by atoms with Gasteiger partial charge < -0.3 is 10.1 Å². The highest BCUT2D eigenvalue weighted by atomic mass is 32.2. The SMILES string of the molecule is COc1ccccc1S(=O)(=O)Nc1ccccc1C(=O)NC1CCCC1. The molecule has 0 radical (unpaired) electrons. The quantitative estimate of drug-likeness (QED) is 0.813. The van der Waals surface area contributed by atoms with Crippen LogP contribution in [0.5, 0.6) is 5.75 Å². The highest BCUT2D eigenvalue weighted by Crippen LogP contribution is 2.27. The number of carbonyl (C=O) groups is 1. The Morgan fingerprint density at radius 1 is 1.04 bits per heavy atom. The first-order valence-electron chi connectivity index (χ1n) is 8.57. The summed E-state index contributed by atoms with van der Waals surface area (Å²) in [5.41, 5.74) is 0.548. The van der Waals surface area contributed by atoms with Gasteiger partial charge in [-0.3, -0.25) is 9.52 Å². The van der Waals surface area contributed by atoms with E-state index in [9.17, 15) is 13.2 Å². The molecule has 2 N–H and O–H groups in total. The van der Waals surface area contributed by atoms with Gasteiger partial charge in [-0.05, 0) is 37.1 Å². The van der Waals surface area contributed by atoms with Crippen molar-refractivity contribution in [1.29, 1.82) is 0 Å². The van der Waals surface area contributed by atoms with Crippen molar-refractivity contribution in [3.63, 3.8) is 0 Å². The first kappa shape index (κ1) is 18.3. The molecular formula is C19H22N2O4S. The van der Waals surface area contributed by atoms with E-state index in [4.69, 9.17) is 4.74 Å².